The minimum absolute atomic E-state index is 0.427. The van der Waals surface area contributed by atoms with Crippen LogP contribution in [-0.2, 0) is 0 Å². The van der Waals surface area contributed by atoms with Crippen LogP contribution in [0.3, 0.4) is 0 Å². The first-order valence-corrected chi connectivity index (χ1v) is 4.68. The fraction of sp³-hybridized carbons (Fsp3) is 0.273. The Hall–Kier alpha value is -1.64. The smallest absolute Gasteiger partial charge is 0.235 e. The summed E-state index contributed by atoms with van der Waals surface area (Å²) in [5.41, 5.74) is 2.22. The predicted molar refractivity (Wildman–Crippen MR) is 54.4 cm³/mol. The molecule has 1 aromatic rings. The zero-order chi connectivity index (χ0) is 9.97. The number of nitro groups is 1. The number of hydrogen-bond donors (Lipinski definition) is 0. The maximum atomic E-state index is 10.2. The molecule has 2 rings (SSSR count). The van der Waals surface area contributed by atoms with Gasteiger partial charge in [0.1, 0.15) is 0 Å². The topological polar surface area (TPSA) is 43.1 Å². The number of rotatable bonds is 3. The lowest BCUT2D eigenvalue weighted by Crippen LogP contribution is -1.87. The molecule has 0 atom stereocenters. The third-order valence-corrected chi connectivity index (χ3v) is 2.39. The molecule has 1 aliphatic rings. The van der Waals surface area contributed by atoms with Crippen molar-refractivity contribution in [2.75, 3.05) is 0 Å². The lowest BCUT2D eigenvalue weighted by molar-refractivity contribution is -0.400. The van der Waals surface area contributed by atoms with Crippen molar-refractivity contribution in [3.05, 3.63) is 51.7 Å². The standard InChI is InChI=1S/C11H11NO2/c13-12(14)8-7-9-3-1-2-4-11(9)10-5-6-10/h1-4,7-8,10H,5-6H2/b8-7+. The normalized spacial score (nSPS) is 16.0. The van der Waals surface area contributed by atoms with Crippen LogP contribution in [0.4, 0.5) is 0 Å². The van der Waals surface area contributed by atoms with Crippen LogP contribution in [0.2, 0.25) is 0 Å². The van der Waals surface area contributed by atoms with E-state index in [1.54, 1.807) is 6.08 Å². The van der Waals surface area contributed by atoms with E-state index in [1.165, 1.54) is 18.4 Å². The van der Waals surface area contributed by atoms with Gasteiger partial charge in [-0.25, -0.2) is 0 Å². The second kappa shape index (κ2) is 3.62. The summed E-state index contributed by atoms with van der Waals surface area (Å²) < 4.78 is 0. The minimum Gasteiger partial charge on any atom is -0.259 e. The molecule has 0 aliphatic heterocycles. The molecule has 1 aromatic carbocycles. The molecule has 0 radical (unpaired) electrons. The highest BCUT2D eigenvalue weighted by Crippen LogP contribution is 2.41. The van der Waals surface area contributed by atoms with Gasteiger partial charge in [-0.2, -0.15) is 0 Å². The molecular weight excluding hydrogens is 178 g/mol. The zero-order valence-electron chi connectivity index (χ0n) is 7.72. The molecule has 0 saturated heterocycles. The summed E-state index contributed by atoms with van der Waals surface area (Å²) >= 11 is 0. The van der Waals surface area contributed by atoms with Crippen molar-refractivity contribution in [3.63, 3.8) is 0 Å². The maximum Gasteiger partial charge on any atom is 0.235 e. The SMILES string of the molecule is O=[N+]([O-])/C=C/c1ccccc1C1CC1. The van der Waals surface area contributed by atoms with E-state index in [1.807, 2.05) is 18.2 Å². The Labute approximate surface area is 82.2 Å². The van der Waals surface area contributed by atoms with Crippen molar-refractivity contribution < 1.29 is 4.92 Å². The maximum absolute atomic E-state index is 10.2. The van der Waals surface area contributed by atoms with Crippen LogP contribution < -0.4 is 0 Å². The van der Waals surface area contributed by atoms with Crippen LogP contribution in [-0.4, -0.2) is 4.92 Å². The van der Waals surface area contributed by atoms with E-state index in [0.29, 0.717) is 5.92 Å². The van der Waals surface area contributed by atoms with Crippen LogP contribution in [0.25, 0.3) is 6.08 Å². The number of hydrogen-bond acceptors (Lipinski definition) is 2. The largest absolute Gasteiger partial charge is 0.259 e. The van der Waals surface area contributed by atoms with E-state index in [0.717, 1.165) is 11.8 Å². The molecule has 1 fully saturated rings. The van der Waals surface area contributed by atoms with Gasteiger partial charge in [0.15, 0.2) is 0 Å². The van der Waals surface area contributed by atoms with Gasteiger partial charge in [0, 0.05) is 6.08 Å². The highest BCUT2D eigenvalue weighted by Gasteiger charge is 2.24. The van der Waals surface area contributed by atoms with Crippen molar-refractivity contribution in [1.29, 1.82) is 0 Å². The summed E-state index contributed by atoms with van der Waals surface area (Å²) in [7, 11) is 0. The molecule has 0 bridgehead atoms. The average Bonchev–Trinajstić information content (AvgIpc) is 2.98. The Kier molecular flexibility index (Phi) is 2.31. The van der Waals surface area contributed by atoms with E-state index >= 15 is 0 Å². The van der Waals surface area contributed by atoms with Crippen LogP contribution in [0, 0.1) is 10.1 Å². The molecule has 0 aromatic heterocycles. The Morgan fingerprint density at radius 2 is 2.07 bits per heavy atom. The number of nitrogens with zero attached hydrogens (tertiary/aromatic N) is 1. The van der Waals surface area contributed by atoms with E-state index in [9.17, 15) is 10.1 Å². The Morgan fingerprint density at radius 1 is 1.36 bits per heavy atom. The fourth-order valence-electron chi connectivity index (χ4n) is 1.57. The summed E-state index contributed by atoms with van der Waals surface area (Å²) in [6, 6.07) is 7.87. The van der Waals surface area contributed by atoms with E-state index in [4.69, 9.17) is 0 Å². The minimum atomic E-state index is -0.427. The Morgan fingerprint density at radius 3 is 2.71 bits per heavy atom. The van der Waals surface area contributed by atoms with Gasteiger partial charge in [0.05, 0.1) is 4.92 Å². The van der Waals surface area contributed by atoms with Crippen molar-refractivity contribution >= 4 is 6.08 Å². The van der Waals surface area contributed by atoms with E-state index in [2.05, 4.69) is 6.07 Å². The molecule has 0 spiro atoms. The molecule has 0 amide bonds. The summed E-state index contributed by atoms with van der Waals surface area (Å²) in [5, 5.41) is 10.2. The third kappa shape index (κ3) is 1.99. The van der Waals surface area contributed by atoms with Gasteiger partial charge in [-0.1, -0.05) is 24.3 Å². The lowest BCUT2D eigenvalue weighted by Gasteiger charge is -2.01. The van der Waals surface area contributed by atoms with Gasteiger partial charge < -0.3 is 0 Å². The first-order chi connectivity index (χ1) is 6.77. The van der Waals surface area contributed by atoms with Gasteiger partial charge in [0.2, 0.25) is 6.20 Å². The molecule has 72 valence electrons. The van der Waals surface area contributed by atoms with Gasteiger partial charge in [-0.15, -0.1) is 0 Å². The summed E-state index contributed by atoms with van der Waals surface area (Å²) in [6.07, 6.45) is 5.00. The summed E-state index contributed by atoms with van der Waals surface area (Å²) in [6.45, 7) is 0. The molecule has 1 saturated carbocycles. The van der Waals surface area contributed by atoms with Gasteiger partial charge in [0.25, 0.3) is 0 Å². The lowest BCUT2D eigenvalue weighted by atomic mass is 10.0. The Balaban J connectivity index is 2.27. The van der Waals surface area contributed by atoms with Crippen LogP contribution in [0.1, 0.15) is 29.9 Å². The highest BCUT2D eigenvalue weighted by atomic mass is 16.6. The van der Waals surface area contributed by atoms with Crippen molar-refractivity contribution in [2.45, 2.75) is 18.8 Å². The second-order valence-electron chi connectivity index (χ2n) is 3.50. The van der Waals surface area contributed by atoms with Crippen molar-refractivity contribution in [1.82, 2.24) is 0 Å². The fourth-order valence-corrected chi connectivity index (χ4v) is 1.57. The predicted octanol–water partition coefficient (Wildman–Crippen LogP) is 2.81. The van der Waals surface area contributed by atoms with Crippen LogP contribution in [0.5, 0.6) is 0 Å². The van der Waals surface area contributed by atoms with Crippen LogP contribution >= 0.6 is 0 Å². The van der Waals surface area contributed by atoms with Gasteiger partial charge >= 0.3 is 0 Å². The Bertz CT molecular complexity index is 381. The van der Waals surface area contributed by atoms with Crippen LogP contribution in [0.15, 0.2) is 30.5 Å². The number of benzene rings is 1. The molecule has 0 heterocycles. The molecule has 3 nitrogen and oxygen atoms in total. The molecule has 0 N–H and O–H groups in total. The van der Waals surface area contributed by atoms with E-state index in [-0.39, 0.29) is 0 Å². The first-order valence-electron chi connectivity index (χ1n) is 4.68. The van der Waals surface area contributed by atoms with E-state index < -0.39 is 4.92 Å². The summed E-state index contributed by atoms with van der Waals surface area (Å²) in [5.74, 6) is 0.627. The molecular formula is C11H11NO2. The molecule has 0 unspecified atom stereocenters. The van der Waals surface area contributed by atoms with Gasteiger partial charge in [-0.05, 0) is 29.9 Å². The zero-order valence-corrected chi connectivity index (χ0v) is 7.72. The first kappa shape index (κ1) is 8.94. The van der Waals surface area contributed by atoms with Crippen molar-refractivity contribution in [3.8, 4) is 0 Å². The molecule has 14 heavy (non-hydrogen) atoms. The average molecular weight is 189 g/mol. The molecule has 1 aliphatic carbocycles. The third-order valence-electron chi connectivity index (χ3n) is 2.39. The highest BCUT2D eigenvalue weighted by molar-refractivity contribution is 5.54. The monoisotopic (exact) mass is 189 g/mol. The second-order valence-corrected chi connectivity index (χ2v) is 3.50. The van der Waals surface area contributed by atoms with Crippen molar-refractivity contribution in [2.24, 2.45) is 0 Å². The molecule has 3 heteroatoms. The summed E-state index contributed by atoms with van der Waals surface area (Å²) in [4.78, 5) is 9.76. The quantitative estimate of drug-likeness (QED) is 0.542. The van der Waals surface area contributed by atoms with Gasteiger partial charge in [-0.3, -0.25) is 10.1 Å².